The van der Waals surface area contributed by atoms with Crippen molar-refractivity contribution in [3.63, 3.8) is 0 Å². The molecule has 0 bridgehead atoms. The molecule has 4 heteroatoms. The summed E-state index contributed by atoms with van der Waals surface area (Å²) in [6.45, 7) is 4.75. The van der Waals surface area contributed by atoms with E-state index in [9.17, 15) is 4.79 Å². The normalized spacial score (nSPS) is 9.94. The minimum atomic E-state index is -0.352. The van der Waals surface area contributed by atoms with Crippen molar-refractivity contribution < 1.29 is 14.3 Å². The van der Waals surface area contributed by atoms with Crippen molar-refractivity contribution in [2.24, 2.45) is 0 Å². The van der Waals surface area contributed by atoms with Crippen LogP contribution in [0.5, 0.6) is 5.75 Å². The Hall–Kier alpha value is -1.03. The van der Waals surface area contributed by atoms with E-state index in [4.69, 9.17) is 9.47 Å². The van der Waals surface area contributed by atoms with Gasteiger partial charge in [0.2, 0.25) is 0 Å². The van der Waals surface area contributed by atoms with Gasteiger partial charge < -0.3 is 9.47 Å². The summed E-state index contributed by atoms with van der Waals surface area (Å²) < 4.78 is 11.3. The molecule has 16 heavy (non-hydrogen) atoms. The summed E-state index contributed by atoms with van der Waals surface area (Å²) in [4.78, 5) is 11.7. The van der Waals surface area contributed by atoms with Gasteiger partial charge in [0.25, 0.3) is 0 Å². The summed E-state index contributed by atoms with van der Waals surface area (Å²) in [6, 6.07) is 5.32. The molecular weight excluding hydrogens is 272 g/mol. The molecular formula is C12H15BrO3. The van der Waals surface area contributed by atoms with Gasteiger partial charge in [-0.15, -0.1) is 0 Å². The zero-order valence-corrected chi connectivity index (χ0v) is 11.0. The smallest absolute Gasteiger partial charge is 0.341 e. The Kier molecular flexibility index (Phi) is 5.32. The van der Waals surface area contributed by atoms with Crippen molar-refractivity contribution in [3.8, 4) is 5.75 Å². The lowest BCUT2D eigenvalue weighted by Crippen LogP contribution is -2.08. The molecule has 1 aromatic rings. The number of halogens is 1. The Morgan fingerprint density at radius 2 is 2.12 bits per heavy atom. The van der Waals surface area contributed by atoms with E-state index in [1.165, 1.54) is 0 Å². The molecule has 0 fully saturated rings. The first-order valence-corrected chi connectivity index (χ1v) is 6.07. The highest BCUT2D eigenvalue weighted by Gasteiger charge is 2.13. The highest BCUT2D eigenvalue weighted by atomic mass is 79.9. The summed E-state index contributed by atoms with van der Waals surface area (Å²) >= 11 is 3.32. The third kappa shape index (κ3) is 3.52. The lowest BCUT2D eigenvalue weighted by atomic mass is 10.2. The van der Waals surface area contributed by atoms with Gasteiger partial charge in [0.05, 0.1) is 13.2 Å². The van der Waals surface area contributed by atoms with Crippen LogP contribution in [0.3, 0.4) is 0 Å². The number of carbonyl (C=O) groups is 1. The van der Waals surface area contributed by atoms with E-state index in [1.54, 1.807) is 19.1 Å². The van der Waals surface area contributed by atoms with Crippen molar-refractivity contribution in [2.75, 3.05) is 13.2 Å². The summed E-state index contributed by atoms with van der Waals surface area (Å²) in [5.74, 6) is 0.221. The highest BCUT2D eigenvalue weighted by molar-refractivity contribution is 9.10. The predicted molar refractivity (Wildman–Crippen MR) is 65.9 cm³/mol. The number of benzene rings is 1. The van der Waals surface area contributed by atoms with Gasteiger partial charge in [-0.1, -0.05) is 22.9 Å². The molecule has 0 unspecified atom stereocenters. The van der Waals surface area contributed by atoms with Gasteiger partial charge in [0.15, 0.2) is 0 Å². The van der Waals surface area contributed by atoms with Gasteiger partial charge in [0, 0.05) is 4.47 Å². The van der Waals surface area contributed by atoms with Gasteiger partial charge in [-0.05, 0) is 31.5 Å². The lowest BCUT2D eigenvalue weighted by Gasteiger charge is -2.10. The molecule has 1 rings (SSSR count). The summed E-state index contributed by atoms with van der Waals surface area (Å²) in [5, 5.41) is 0. The fourth-order valence-corrected chi connectivity index (χ4v) is 1.57. The van der Waals surface area contributed by atoms with E-state index >= 15 is 0 Å². The molecule has 0 aliphatic rings. The molecule has 0 amide bonds. The maximum absolute atomic E-state index is 11.7. The highest BCUT2D eigenvalue weighted by Crippen LogP contribution is 2.24. The van der Waals surface area contributed by atoms with Crippen LogP contribution in [0.25, 0.3) is 0 Å². The molecule has 0 atom stereocenters. The molecule has 0 spiro atoms. The average Bonchev–Trinajstić information content (AvgIpc) is 2.27. The Labute approximate surface area is 104 Å². The fraction of sp³-hybridized carbons (Fsp3) is 0.417. The number of hydrogen-bond donors (Lipinski definition) is 0. The van der Waals surface area contributed by atoms with Gasteiger partial charge in [-0.2, -0.15) is 0 Å². The summed E-state index contributed by atoms with van der Waals surface area (Å²) in [6.07, 6.45) is 0.901. The van der Waals surface area contributed by atoms with E-state index in [2.05, 4.69) is 15.9 Å². The van der Waals surface area contributed by atoms with Crippen LogP contribution in [-0.4, -0.2) is 19.2 Å². The number of rotatable bonds is 5. The largest absolute Gasteiger partial charge is 0.493 e. The molecule has 1 aromatic carbocycles. The average molecular weight is 287 g/mol. The Balaban J connectivity index is 2.93. The first-order valence-electron chi connectivity index (χ1n) is 5.28. The second-order valence-corrected chi connectivity index (χ2v) is 4.13. The Morgan fingerprint density at radius 3 is 2.75 bits per heavy atom. The molecule has 0 N–H and O–H groups in total. The zero-order valence-electron chi connectivity index (χ0n) is 9.46. The van der Waals surface area contributed by atoms with Gasteiger partial charge >= 0.3 is 5.97 Å². The van der Waals surface area contributed by atoms with Crippen LogP contribution in [-0.2, 0) is 4.74 Å². The molecule has 0 aromatic heterocycles. The molecule has 0 radical (unpaired) electrons. The predicted octanol–water partition coefficient (Wildman–Crippen LogP) is 3.41. The topological polar surface area (TPSA) is 35.5 Å². The zero-order chi connectivity index (χ0) is 12.0. The van der Waals surface area contributed by atoms with E-state index < -0.39 is 0 Å². The molecule has 0 aliphatic heterocycles. The number of hydrogen-bond acceptors (Lipinski definition) is 3. The molecule has 3 nitrogen and oxygen atoms in total. The monoisotopic (exact) mass is 286 g/mol. The minimum Gasteiger partial charge on any atom is -0.493 e. The Bertz CT molecular complexity index is 363. The summed E-state index contributed by atoms with van der Waals surface area (Å²) in [7, 11) is 0. The van der Waals surface area contributed by atoms with Crippen molar-refractivity contribution in [1.82, 2.24) is 0 Å². The fourth-order valence-electron chi connectivity index (χ4n) is 1.21. The standard InChI is InChI=1S/C12H15BrO3/c1-3-7-16-11-6-5-9(13)8-10(11)12(14)15-4-2/h5-6,8H,3-4,7H2,1-2H3. The maximum Gasteiger partial charge on any atom is 0.341 e. The third-order valence-electron chi connectivity index (χ3n) is 1.90. The first-order chi connectivity index (χ1) is 7.69. The van der Waals surface area contributed by atoms with Gasteiger partial charge in [-0.25, -0.2) is 4.79 Å². The van der Waals surface area contributed by atoms with Crippen LogP contribution in [0.4, 0.5) is 0 Å². The van der Waals surface area contributed by atoms with Crippen LogP contribution >= 0.6 is 15.9 Å². The lowest BCUT2D eigenvalue weighted by molar-refractivity contribution is 0.0521. The molecule has 0 saturated heterocycles. The van der Waals surface area contributed by atoms with E-state index in [-0.39, 0.29) is 5.97 Å². The molecule has 88 valence electrons. The summed E-state index contributed by atoms with van der Waals surface area (Å²) in [5.41, 5.74) is 0.463. The SMILES string of the molecule is CCCOc1ccc(Br)cc1C(=O)OCC. The van der Waals surface area contributed by atoms with Gasteiger partial charge in [0.1, 0.15) is 11.3 Å². The third-order valence-corrected chi connectivity index (χ3v) is 2.39. The van der Waals surface area contributed by atoms with Crippen molar-refractivity contribution >= 4 is 21.9 Å². The minimum absolute atomic E-state index is 0.352. The van der Waals surface area contributed by atoms with E-state index in [0.29, 0.717) is 24.5 Å². The van der Waals surface area contributed by atoms with Crippen LogP contribution < -0.4 is 4.74 Å². The van der Waals surface area contributed by atoms with Crippen LogP contribution in [0.2, 0.25) is 0 Å². The van der Waals surface area contributed by atoms with E-state index in [0.717, 1.165) is 10.9 Å². The van der Waals surface area contributed by atoms with Crippen molar-refractivity contribution in [1.29, 1.82) is 0 Å². The molecule has 0 saturated carbocycles. The first kappa shape index (κ1) is 13.0. The van der Waals surface area contributed by atoms with Crippen LogP contribution in [0, 0.1) is 0 Å². The number of carbonyl (C=O) groups excluding carboxylic acids is 1. The van der Waals surface area contributed by atoms with Gasteiger partial charge in [-0.3, -0.25) is 0 Å². The number of ether oxygens (including phenoxy) is 2. The number of esters is 1. The van der Waals surface area contributed by atoms with Crippen molar-refractivity contribution in [3.05, 3.63) is 28.2 Å². The van der Waals surface area contributed by atoms with Crippen LogP contribution in [0.1, 0.15) is 30.6 Å². The second kappa shape index (κ2) is 6.53. The molecule has 0 heterocycles. The second-order valence-electron chi connectivity index (χ2n) is 3.21. The maximum atomic E-state index is 11.7. The molecule has 0 aliphatic carbocycles. The quantitative estimate of drug-likeness (QED) is 0.778. The van der Waals surface area contributed by atoms with Crippen molar-refractivity contribution in [2.45, 2.75) is 20.3 Å². The van der Waals surface area contributed by atoms with E-state index in [1.807, 2.05) is 13.0 Å². The Morgan fingerprint density at radius 1 is 1.38 bits per heavy atom. The van der Waals surface area contributed by atoms with Crippen LogP contribution in [0.15, 0.2) is 22.7 Å².